The third-order valence-electron chi connectivity index (χ3n) is 3.74. The van der Waals surface area contributed by atoms with Crippen LogP contribution >= 0.6 is 0 Å². The van der Waals surface area contributed by atoms with Gasteiger partial charge in [0.15, 0.2) is 23.4 Å². The first-order valence-corrected chi connectivity index (χ1v) is 7.92. The molecule has 0 fully saturated rings. The topological polar surface area (TPSA) is 96.1 Å². The third kappa shape index (κ3) is 3.64. The average Bonchev–Trinajstić information content (AvgIpc) is 3.04. The maximum atomic E-state index is 13.6. The van der Waals surface area contributed by atoms with Crippen molar-refractivity contribution in [2.45, 2.75) is 20.0 Å². The van der Waals surface area contributed by atoms with Gasteiger partial charge >= 0.3 is 0 Å². The van der Waals surface area contributed by atoms with Gasteiger partial charge in [-0.1, -0.05) is 23.8 Å². The molecule has 0 aliphatic heterocycles. The van der Waals surface area contributed by atoms with Crippen LogP contribution in [0.4, 0.5) is 4.39 Å². The van der Waals surface area contributed by atoms with E-state index in [9.17, 15) is 14.0 Å². The second kappa shape index (κ2) is 7.22. The molecule has 0 aliphatic rings. The number of carbonyl (C=O) groups excluding carboxylic acids is 2. The molecule has 2 aromatic carbocycles. The van der Waals surface area contributed by atoms with Gasteiger partial charge in [-0.15, -0.1) is 0 Å². The van der Waals surface area contributed by atoms with E-state index < -0.39 is 23.7 Å². The second-order valence-corrected chi connectivity index (χ2v) is 5.76. The van der Waals surface area contributed by atoms with Crippen LogP contribution < -0.4 is 15.6 Å². The Bertz CT molecular complexity index is 970. The molecule has 3 rings (SSSR count). The Hall–Kier alpha value is -3.42. The van der Waals surface area contributed by atoms with Crippen molar-refractivity contribution in [2.24, 2.45) is 0 Å². The van der Waals surface area contributed by atoms with E-state index in [1.54, 1.807) is 6.07 Å². The van der Waals surface area contributed by atoms with E-state index in [4.69, 9.17) is 4.74 Å². The molecule has 0 aliphatic carbocycles. The van der Waals surface area contributed by atoms with Crippen molar-refractivity contribution in [2.75, 3.05) is 0 Å². The number of amides is 2. The molecule has 0 radical (unpaired) electrons. The number of rotatable bonds is 4. The van der Waals surface area contributed by atoms with E-state index in [-0.39, 0.29) is 11.4 Å². The molecule has 0 bridgehead atoms. The predicted molar refractivity (Wildman–Crippen MR) is 92.9 cm³/mol. The summed E-state index contributed by atoms with van der Waals surface area (Å²) in [5.41, 5.74) is 6.38. The molecule has 8 heteroatoms. The van der Waals surface area contributed by atoms with Gasteiger partial charge in [0.25, 0.3) is 11.8 Å². The number of hydrogen-bond donors (Lipinski definition) is 3. The molecule has 1 heterocycles. The third-order valence-corrected chi connectivity index (χ3v) is 3.74. The number of carbonyl (C=O) groups is 2. The lowest BCUT2D eigenvalue weighted by Crippen LogP contribution is -2.47. The molecule has 2 amide bonds. The minimum Gasteiger partial charge on any atom is -0.478 e. The van der Waals surface area contributed by atoms with Crippen LogP contribution in [-0.4, -0.2) is 28.1 Å². The van der Waals surface area contributed by atoms with Crippen molar-refractivity contribution >= 4 is 22.7 Å². The SMILES string of the molecule is Cc1ccc2[nH]nc(C(=O)NNC(=O)C(C)Oc3ccccc3F)c2c1. The number of halogens is 1. The first kappa shape index (κ1) is 17.4. The molecule has 1 atom stereocenters. The molecular formula is C18H17FN4O3. The number of aromatic nitrogens is 2. The molecule has 3 aromatic rings. The van der Waals surface area contributed by atoms with Gasteiger partial charge in [-0.3, -0.25) is 25.5 Å². The summed E-state index contributed by atoms with van der Waals surface area (Å²) in [6.07, 6.45) is -1.01. The van der Waals surface area contributed by atoms with E-state index in [2.05, 4.69) is 21.0 Å². The van der Waals surface area contributed by atoms with Crippen LogP contribution in [0, 0.1) is 12.7 Å². The molecule has 1 aromatic heterocycles. The van der Waals surface area contributed by atoms with Gasteiger partial charge in [-0.2, -0.15) is 5.10 Å². The average molecular weight is 356 g/mol. The number of hydrazine groups is 1. The van der Waals surface area contributed by atoms with Crippen LogP contribution in [-0.2, 0) is 4.79 Å². The lowest BCUT2D eigenvalue weighted by molar-refractivity contribution is -0.128. The second-order valence-electron chi connectivity index (χ2n) is 5.76. The van der Waals surface area contributed by atoms with Crippen LogP contribution in [0.3, 0.4) is 0 Å². The van der Waals surface area contributed by atoms with E-state index >= 15 is 0 Å². The number of ether oxygens (including phenoxy) is 1. The van der Waals surface area contributed by atoms with Crippen LogP contribution in [0.25, 0.3) is 10.9 Å². The normalized spacial score (nSPS) is 11.8. The highest BCUT2D eigenvalue weighted by Crippen LogP contribution is 2.18. The summed E-state index contributed by atoms with van der Waals surface area (Å²) >= 11 is 0. The summed E-state index contributed by atoms with van der Waals surface area (Å²) < 4.78 is 18.8. The molecule has 0 saturated heterocycles. The van der Waals surface area contributed by atoms with Crippen molar-refractivity contribution in [3.8, 4) is 5.75 Å². The predicted octanol–water partition coefficient (Wildman–Crippen LogP) is 2.24. The Morgan fingerprint density at radius 3 is 2.73 bits per heavy atom. The van der Waals surface area contributed by atoms with Crippen molar-refractivity contribution in [1.29, 1.82) is 0 Å². The van der Waals surface area contributed by atoms with Crippen LogP contribution in [0.2, 0.25) is 0 Å². The first-order valence-electron chi connectivity index (χ1n) is 7.92. The van der Waals surface area contributed by atoms with Crippen molar-refractivity contribution < 1.29 is 18.7 Å². The van der Waals surface area contributed by atoms with Gasteiger partial charge in [0.2, 0.25) is 0 Å². The van der Waals surface area contributed by atoms with Crippen LogP contribution in [0.15, 0.2) is 42.5 Å². The van der Waals surface area contributed by atoms with E-state index in [0.717, 1.165) is 5.56 Å². The van der Waals surface area contributed by atoms with Gasteiger partial charge in [0.1, 0.15) is 0 Å². The minimum absolute atomic E-state index is 0.0461. The van der Waals surface area contributed by atoms with Gasteiger partial charge in [-0.25, -0.2) is 4.39 Å². The number of fused-ring (bicyclic) bond motifs is 1. The quantitative estimate of drug-likeness (QED) is 0.625. The lowest BCUT2D eigenvalue weighted by atomic mass is 10.1. The van der Waals surface area contributed by atoms with Crippen molar-refractivity contribution in [3.63, 3.8) is 0 Å². The number of nitrogens with zero attached hydrogens (tertiary/aromatic N) is 1. The largest absolute Gasteiger partial charge is 0.478 e. The summed E-state index contributed by atoms with van der Waals surface area (Å²) in [7, 11) is 0. The number of para-hydroxylation sites is 1. The molecule has 26 heavy (non-hydrogen) atoms. The number of aryl methyl sites for hydroxylation is 1. The Morgan fingerprint density at radius 2 is 1.96 bits per heavy atom. The van der Waals surface area contributed by atoms with Crippen LogP contribution in [0.5, 0.6) is 5.75 Å². The number of H-pyrrole nitrogens is 1. The summed E-state index contributed by atoms with van der Waals surface area (Å²) in [5, 5.41) is 7.37. The fourth-order valence-corrected chi connectivity index (χ4v) is 2.36. The molecule has 0 spiro atoms. The van der Waals surface area contributed by atoms with Gasteiger partial charge in [0.05, 0.1) is 5.52 Å². The van der Waals surface area contributed by atoms with E-state index in [1.807, 2.05) is 25.1 Å². The number of aromatic amines is 1. The molecule has 1 unspecified atom stereocenters. The number of benzene rings is 2. The van der Waals surface area contributed by atoms with Gasteiger partial charge in [-0.05, 0) is 38.1 Å². The standard InChI is InChI=1S/C18H17FN4O3/c1-10-7-8-14-12(9-10)16(21-20-14)18(25)23-22-17(24)11(2)26-15-6-4-3-5-13(15)19/h3-9,11H,1-2H3,(H,20,21)(H,22,24)(H,23,25). The Morgan fingerprint density at radius 1 is 1.19 bits per heavy atom. The Kier molecular flexibility index (Phi) is 4.83. The number of nitrogens with one attached hydrogen (secondary N) is 3. The monoisotopic (exact) mass is 356 g/mol. The highest BCUT2D eigenvalue weighted by atomic mass is 19.1. The van der Waals surface area contributed by atoms with E-state index in [1.165, 1.54) is 25.1 Å². The lowest BCUT2D eigenvalue weighted by Gasteiger charge is -2.15. The Balaban J connectivity index is 1.62. The molecule has 7 nitrogen and oxygen atoms in total. The summed E-state index contributed by atoms with van der Waals surface area (Å²) in [6, 6.07) is 11.3. The van der Waals surface area contributed by atoms with Crippen LogP contribution in [0.1, 0.15) is 23.0 Å². The minimum atomic E-state index is -1.01. The molecule has 134 valence electrons. The maximum Gasteiger partial charge on any atom is 0.290 e. The Labute approximate surface area is 148 Å². The number of hydrogen-bond acceptors (Lipinski definition) is 4. The van der Waals surface area contributed by atoms with Crippen molar-refractivity contribution in [3.05, 3.63) is 59.5 Å². The molecule has 3 N–H and O–H groups in total. The summed E-state index contributed by atoms with van der Waals surface area (Å²) in [6.45, 7) is 3.35. The highest BCUT2D eigenvalue weighted by Gasteiger charge is 2.19. The zero-order valence-electron chi connectivity index (χ0n) is 14.2. The smallest absolute Gasteiger partial charge is 0.290 e. The molecule has 0 saturated carbocycles. The maximum absolute atomic E-state index is 13.6. The summed E-state index contributed by atoms with van der Waals surface area (Å²) in [4.78, 5) is 24.3. The van der Waals surface area contributed by atoms with Gasteiger partial charge in [0, 0.05) is 5.39 Å². The summed E-state index contributed by atoms with van der Waals surface area (Å²) in [5.74, 6) is -1.82. The zero-order valence-corrected chi connectivity index (χ0v) is 14.2. The zero-order chi connectivity index (χ0) is 18.7. The molecular weight excluding hydrogens is 339 g/mol. The van der Waals surface area contributed by atoms with Gasteiger partial charge < -0.3 is 4.74 Å². The highest BCUT2D eigenvalue weighted by molar-refractivity contribution is 6.05. The van der Waals surface area contributed by atoms with E-state index in [0.29, 0.717) is 10.9 Å². The first-order chi connectivity index (χ1) is 12.5. The van der Waals surface area contributed by atoms with Crippen molar-refractivity contribution in [1.82, 2.24) is 21.0 Å². The fourth-order valence-electron chi connectivity index (χ4n) is 2.36. The fraction of sp³-hybridized carbons (Fsp3) is 0.167.